The van der Waals surface area contributed by atoms with Crippen LogP contribution in [0.5, 0.6) is 5.75 Å². The quantitative estimate of drug-likeness (QED) is 0.777. The Hall–Kier alpha value is -1.35. The Bertz CT molecular complexity index is 445. The highest BCUT2D eigenvalue weighted by Crippen LogP contribution is 2.31. The van der Waals surface area contributed by atoms with Crippen molar-refractivity contribution in [3.63, 3.8) is 0 Å². The van der Waals surface area contributed by atoms with Crippen LogP contribution in [0.2, 0.25) is 0 Å². The molecule has 0 N–H and O–H groups in total. The van der Waals surface area contributed by atoms with E-state index in [0.29, 0.717) is 17.9 Å². The van der Waals surface area contributed by atoms with Crippen molar-refractivity contribution in [1.29, 1.82) is 0 Å². The van der Waals surface area contributed by atoms with Crippen LogP contribution < -0.4 is 4.74 Å². The first-order chi connectivity index (χ1) is 9.03. The summed E-state index contributed by atoms with van der Waals surface area (Å²) in [6.07, 6.45) is 2.90. The number of para-hydroxylation sites is 1. The molecule has 1 aromatic rings. The van der Waals surface area contributed by atoms with Gasteiger partial charge < -0.3 is 9.47 Å². The van der Waals surface area contributed by atoms with Gasteiger partial charge in [0, 0.05) is 6.61 Å². The van der Waals surface area contributed by atoms with Crippen molar-refractivity contribution in [2.45, 2.75) is 51.7 Å². The molecule has 0 amide bonds. The zero-order valence-electron chi connectivity index (χ0n) is 11.9. The molecule has 0 radical (unpaired) electrons. The number of hydrogen-bond acceptors (Lipinski definition) is 3. The number of hydrogen-bond donors (Lipinski definition) is 0. The molecule has 3 nitrogen and oxygen atoms in total. The highest BCUT2D eigenvalue weighted by atomic mass is 16.5. The number of carbonyl (C=O) groups excluding carboxylic acids is 1. The van der Waals surface area contributed by atoms with Gasteiger partial charge in [0.15, 0.2) is 5.78 Å². The third-order valence-corrected chi connectivity index (χ3v) is 3.44. The Morgan fingerprint density at radius 3 is 2.68 bits per heavy atom. The standard InChI is InChI=1S/C16H22O3/c1-12(2)19-14-9-5-4-8-13(14)15(17)16(3)10-6-7-11-18-16/h4-5,8-9,12H,6-7,10-11H2,1-3H3. The van der Waals surface area contributed by atoms with Gasteiger partial charge in [-0.1, -0.05) is 12.1 Å². The van der Waals surface area contributed by atoms with Crippen molar-refractivity contribution in [3.8, 4) is 5.75 Å². The average Bonchev–Trinajstić information content (AvgIpc) is 2.39. The molecule has 1 aliphatic rings. The predicted octanol–water partition coefficient (Wildman–Crippen LogP) is 3.62. The van der Waals surface area contributed by atoms with E-state index in [1.807, 2.05) is 45.0 Å². The molecule has 19 heavy (non-hydrogen) atoms. The lowest BCUT2D eigenvalue weighted by atomic mass is 9.87. The maximum atomic E-state index is 12.7. The summed E-state index contributed by atoms with van der Waals surface area (Å²) in [6.45, 7) is 6.47. The van der Waals surface area contributed by atoms with Crippen LogP contribution in [0, 0.1) is 0 Å². The Labute approximate surface area is 114 Å². The van der Waals surface area contributed by atoms with Crippen LogP contribution in [-0.4, -0.2) is 24.1 Å². The first-order valence-electron chi connectivity index (χ1n) is 6.97. The summed E-state index contributed by atoms with van der Waals surface area (Å²) in [5, 5.41) is 0. The Kier molecular flexibility index (Phi) is 4.25. The van der Waals surface area contributed by atoms with Crippen LogP contribution in [0.1, 0.15) is 50.4 Å². The van der Waals surface area contributed by atoms with Gasteiger partial charge in [-0.3, -0.25) is 4.79 Å². The van der Waals surface area contributed by atoms with Crippen molar-refractivity contribution in [2.75, 3.05) is 6.61 Å². The van der Waals surface area contributed by atoms with E-state index in [0.717, 1.165) is 19.3 Å². The fourth-order valence-corrected chi connectivity index (χ4v) is 2.41. The molecule has 104 valence electrons. The monoisotopic (exact) mass is 262 g/mol. The minimum atomic E-state index is -0.700. The van der Waals surface area contributed by atoms with Crippen molar-refractivity contribution in [2.24, 2.45) is 0 Å². The van der Waals surface area contributed by atoms with Crippen molar-refractivity contribution >= 4 is 5.78 Å². The van der Waals surface area contributed by atoms with Crippen molar-refractivity contribution in [1.82, 2.24) is 0 Å². The van der Waals surface area contributed by atoms with E-state index in [4.69, 9.17) is 9.47 Å². The molecule has 0 aliphatic carbocycles. The molecule has 3 heteroatoms. The minimum absolute atomic E-state index is 0.0310. The molecular weight excluding hydrogens is 240 g/mol. The van der Waals surface area contributed by atoms with Crippen LogP contribution in [-0.2, 0) is 4.74 Å². The van der Waals surface area contributed by atoms with E-state index < -0.39 is 5.60 Å². The maximum absolute atomic E-state index is 12.7. The molecule has 0 spiro atoms. The van der Waals surface area contributed by atoms with Crippen LogP contribution in [0.4, 0.5) is 0 Å². The van der Waals surface area contributed by atoms with E-state index in [2.05, 4.69) is 0 Å². The molecule has 1 atom stereocenters. The van der Waals surface area contributed by atoms with Gasteiger partial charge in [-0.15, -0.1) is 0 Å². The molecule has 0 saturated carbocycles. The largest absolute Gasteiger partial charge is 0.490 e. The average molecular weight is 262 g/mol. The van der Waals surface area contributed by atoms with Crippen molar-refractivity contribution < 1.29 is 14.3 Å². The number of rotatable bonds is 4. The SMILES string of the molecule is CC(C)Oc1ccccc1C(=O)C1(C)CCCCO1. The topological polar surface area (TPSA) is 35.5 Å². The van der Waals surface area contributed by atoms with Gasteiger partial charge >= 0.3 is 0 Å². The van der Waals surface area contributed by atoms with Gasteiger partial charge in [-0.05, 0) is 52.2 Å². The molecule has 1 aromatic carbocycles. The molecule has 1 fully saturated rings. The third kappa shape index (κ3) is 3.16. The predicted molar refractivity (Wildman–Crippen MR) is 74.7 cm³/mol. The summed E-state index contributed by atoms with van der Waals surface area (Å²) >= 11 is 0. The number of benzene rings is 1. The molecule has 1 unspecified atom stereocenters. The fourth-order valence-electron chi connectivity index (χ4n) is 2.41. The minimum Gasteiger partial charge on any atom is -0.490 e. The summed E-state index contributed by atoms with van der Waals surface area (Å²) in [5.74, 6) is 0.682. The summed E-state index contributed by atoms with van der Waals surface area (Å²) in [5.41, 5.74) is -0.0742. The summed E-state index contributed by atoms with van der Waals surface area (Å²) in [7, 11) is 0. The Balaban J connectivity index is 2.27. The lowest BCUT2D eigenvalue weighted by molar-refractivity contribution is -0.0428. The number of ketones is 1. The molecular formula is C16H22O3. The summed E-state index contributed by atoms with van der Waals surface area (Å²) in [4.78, 5) is 12.7. The lowest BCUT2D eigenvalue weighted by Crippen LogP contribution is -2.41. The van der Waals surface area contributed by atoms with Crippen LogP contribution in [0.15, 0.2) is 24.3 Å². The Morgan fingerprint density at radius 2 is 2.05 bits per heavy atom. The second kappa shape index (κ2) is 5.74. The second-order valence-electron chi connectivity index (χ2n) is 5.53. The van der Waals surface area contributed by atoms with E-state index in [-0.39, 0.29) is 11.9 Å². The highest BCUT2D eigenvalue weighted by Gasteiger charge is 2.37. The molecule has 0 bridgehead atoms. The molecule has 1 heterocycles. The molecule has 1 saturated heterocycles. The normalized spacial score (nSPS) is 23.4. The first-order valence-corrected chi connectivity index (χ1v) is 6.97. The van der Waals surface area contributed by atoms with Gasteiger partial charge in [0.2, 0.25) is 0 Å². The zero-order chi connectivity index (χ0) is 13.9. The Morgan fingerprint density at radius 1 is 1.32 bits per heavy atom. The number of ether oxygens (including phenoxy) is 2. The first kappa shape index (κ1) is 14.1. The van der Waals surface area contributed by atoms with Gasteiger partial charge in [-0.25, -0.2) is 0 Å². The van der Waals surface area contributed by atoms with Gasteiger partial charge in [0.1, 0.15) is 11.4 Å². The molecule has 1 aliphatic heterocycles. The van der Waals surface area contributed by atoms with E-state index in [9.17, 15) is 4.79 Å². The zero-order valence-corrected chi connectivity index (χ0v) is 11.9. The summed E-state index contributed by atoms with van der Waals surface area (Å²) in [6, 6.07) is 7.42. The van der Waals surface area contributed by atoms with E-state index in [1.165, 1.54) is 0 Å². The number of carbonyl (C=O) groups is 1. The molecule has 0 aromatic heterocycles. The highest BCUT2D eigenvalue weighted by molar-refractivity contribution is 6.04. The van der Waals surface area contributed by atoms with Crippen LogP contribution in [0.25, 0.3) is 0 Å². The lowest BCUT2D eigenvalue weighted by Gasteiger charge is -2.32. The van der Waals surface area contributed by atoms with Crippen LogP contribution in [0.3, 0.4) is 0 Å². The second-order valence-corrected chi connectivity index (χ2v) is 5.53. The summed E-state index contributed by atoms with van der Waals surface area (Å²) < 4.78 is 11.5. The van der Waals surface area contributed by atoms with Crippen molar-refractivity contribution in [3.05, 3.63) is 29.8 Å². The van der Waals surface area contributed by atoms with Gasteiger partial charge in [0.25, 0.3) is 0 Å². The van der Waals surface area contributed by atoms with Gasteiger partial charge in [-0.2, -0.15) is 0 Å². The fraction of sp³-hybridized carbons (Fsp3) is 0.562. The maximum Gasteiger partial charge on any atom is 0.198 e. The van der Waals surface area contributed by atoms with Crippen LogP contribution >= 0.6 is 0 Å². The smallest absolute Gasteiger partial charge is 0.198 e. The number of Topliss-reactive ketones (excluding diaryl/α,β-unsaturated/α-hetero) is 1. The van der Waals surface area contributed by atoms with E-state index >= 15 is 0 Å². The van der Waals surface area contributed by atoms with E-state index in [1.54, 1.807) is 0 Å². The third-order valence-electron chi connectivity index (χ3n) is 3.44. The van der Waals surface area contributed by atoms with Gasteiger partial charge in [0.05, 0.1) is 11.7 Å². The molecule has 2 rings (SSSR count).